The van der Waals surface area contributed by atoms with Crippen LogP contribution in [0.15, 0.2) is 48.5 Å². The summed E-state index contributed by atoms with van der Waals surface area (Å²) >= 11 is 31.2. The number of nitrogens with one attached hydrogen (secondary N) is 1. The van der Waals surface area contributed by atoms with E-state index in [1.165, 1.54) is 24.3 Å². The summed E-state index contributed by atoms with van der Waals surface area (Å²) in [5, 5.41) is 3.43. The molecule has 0 heterocycles. The summed E-state index contributed by atoms with van der Waals surface area (Å²) in [6, 6.07) is 11.4. The van der Waals surface area contributed by atoms with Gasteiger partial charge in [-0.3, -0.25) is 14.4 Å². The highest BCUT2D eigenvalue weighted by molar-refractivity contribution is 6.53. The molecular weight excluding hydrogens is 638 g/mol. The van der Waals surface area contributed by atoms with Gasteiger partial charge >= 0.3 is 0 Å². The Balaban J connectivity index is 1.49. The first-order valence-electron chi connectivity index (χ1n) is 12.8. The molecule has 1 saturated carbocycles. The number of rotatable bonds is 11. The molecule has 0 aromatic heterocycles. The maximum Gasteiger partial charge on any atom is 0.231 e. The molecule has 2 atom stereocenters. The molecule has 0 aliphatic heterocycles. The molecule has 1 aliphatic carbocycles. The van der Waals surface area contributed by atoms with Crippen molar-refractivity contribution in [2.24, 2.45) is 5.92 Å². The molecule has 41 heavy (non-hydrogen) atoms. The average Bonchev–Trinajstić information content (AvgIpc) is 3.51. The van der Waals surface area contributed by atoms with Gasteiger partial charge in [0, 0.05) is 42.0 Å². The first-order chi connectivity index (χ1) is 19.3. The third-order valence-electron chi connectivity index (χ3n) is 6.97. The molecule has 216 valence electrons. The van der Waals surface area contributed by atoms with Gasteiger partial charge in [0.2, 0.25) is 5.91 Å². The molecule has 0 unspecified atom stereocenters. The molecule has 1 amide bonds. The summed E-state index contributed by atoms with van der Waals surface area (Å²) in [5.41, 5.74) is 0.471. The normalized spacial score (nSPS) is 17.3. The number of ketones is 2. The van der Waals surface area contributed by atoms with Crippen LogP contribution in [0.25, 0.3) is 0 Å². The van der Waals surface area contributed by atoms with Gasteiger partial charge in [-0.05, 0) is 53.9 Å². The van der Waals surface area contributed by atoms with Crippen LogP contribution in [0.3, 0.4) is 0 Å². The molecule has 0 spiro atoms. The van der Waals surface area contributed by atoms with Crippen molar-refractivity contribution in [1.29, 1.82) is 0 Å². The van der Waals surface area contributed by atoms with E-state index in [4.69, 9.17) is 58.0 Å². The lowest BCUT2D eigenvalue weighted by atomic mass is 9.97. The zero-order valence-electron chi connectivity index (χ0n) is 21.7. The second kappa shape index (κ2) is 13.0. The topological polar surface area (TPSA) is 63.2 Å². The van der Waals surface area contributed by atoms with Crippen molar-refractivity contribution in [1.82, 2.24) is 0 Å². The number of hydrogen-bond donors (Lipinski definition) is 1. The standard InChI is InChI=1S/C30H24Cl5F2NO3/c1-2-3-4-18(39)14-20-24(36)10-6-16(28(20)37)12-25(40)19-13-17(7-9-21(19)31)38-29(41)27-26(30(27,34)35)15-5-8-22(32)23(33)11-15/h5-11,13,26-27H,2-4,12,14H2,1H3,(H,38,41)/t26-,27+/m0/s1. The van der Waals surface area contributed by atoms with E-state index in [-0.39, 0.29) is 39.6 Å². The number of amides is 1. The molecule has 11 heteroatoms. The molecule has 1 N–H and O–H groups in total. The minimum absolute atomic E-state index is 0.0219. The van der Waals surface area contributed by atoms with Gasteiger partial charge in [-0.1, -0.05) is 60.3 Å². The first-order valence-corrected chi connectivity index (χ1v) is 14.7. The van der Waals surface area contributed by atoms with Crippen molar-refractivity contribution in [2.45, 2.75) is 49.3 Å². The third kappa shape index (κ3) is 7.06. The zero-order chi connectivity index (χ0) is 30.1. The van der Waals surface area contributed by atoms with Crippen molar-refractivity contribution in [3.05, 3.63) is 97.5 Å². The molecular formula is C30H24Cl5F2NO3. The number of carbonyl (C=O) groups excluding carboxylic acids is 3. The van der Waals surface area contributed by atoms with Crippen LogP contribution in [-0.2, 0) is 22.4 Å². The summed E-state index contributed by atoms with van der Waals surface area (Å²) in [6.45, 7) is 1.91. The van der Waals surface area contributed by atoms with E-state index in [1.807, 2.05) is 6.92 Å². The maximum atomic E-state index is 15.2. The number of alkyl halides is 2. The summed E-state index contributed by atoms with van der Waals surface area (Å²) in [4.78, 5) is 38.4. The van der Waals surface area contributed by atoms with E-state index in [1.54, 1.807) is 18.2 Å². The second-order valence-electron chi connectivity index (χ2n) is 9.91. The Labute approximate surface area is 261 Å². The van der Waals surface area contributed by atoms with Crippen LogP contribution in [0.1, 0.15) is 59.2 Å². The smallest absolute Gasteiger partial charge is 0.231 e. The summed E-state index contributed by atoms with van der Waals surface area (Å²) in [5.74, 6) is -4.48. The number of Topliss-reactive ketones (excluding diaryl/α,β-unsaturated/α-hetero) is 2. The third-order valence-corrected chi connectivity index (χ3v) is 8.98. The molecule has 3 aromatic rings. The number of halogens is 7. The van der Waals surface area contributed by atoms with Gasteiger partial charge in [-0.2, -0.15) is 0 Å². The fraction of sp³-hybridized carbons (Fsp3) is 0.300. The minimum atomic E-state index is -1.39. The van der Waals surface area contributed by atoms with Crippen molar-refractivity contribution < 1.29 is 23.2 Å². The van der Waals surface area contributed by atoms with Crippen LogP contribution in [-0.4, -0.2) is 21.8 Å². The van der Waals surface area contributed by atoms with Crippen LogP contribution in [0, 0.1) is 17.6 Å². The number of anilines is 1. The van der Waals surface area contributed by atoms with Crippen LogP contribution in [0.2, 0.25) is 15.1 Å². The SMILES string of the molecule is CCCCC(=O)Cc1c(F)ccc(CC(=O)c2cc(NC(=O)[C@H]3[C@H](c4ccc(Cl)c(Cl)c4)C3(Cl)Cl)ccc2Cl)c1F. The Morgan fingerprint density at radius 1 is 0.902 bits per heavy atom. The van der Waals surface area contributed by atoms with Crippen molar-refractivity contribution >= 4 is 81.2 Å². The number of benzene rings is 3. The molecule has 3 aromatic carbocycles. The highest BCUT2D eigenvalue weighted by Gasteiger charge is 2.67. The Morgan fingerprint density at radius 3 is 2.29 bits per heavy atom. The maximum absolute atomic E-state index is 15.2. The number of unbranched alkanes of at least 4 members (excludes halogenated alkanes) is 1. The molecule has 4 rings (SSSR count). The largest absolute Gasteiger partial charge is 0.326 e. The van der Waals surface area contributed by atoms with Crippen LogP contribution in [0.4, 0.5) is 14.5 Å². The molecule has 0 bridgehead atoms. The van der Waals surface area contributed by atoms with Crippen molar-refractivity contribution in [3.63, 3.8) is 0 Å². The summed E-state index contributed by atoms with van der Waals surface area (Å²) < 4.78 is 28.1. The van der Waals surface area contributed by atoms with E-state index in [9.17, 15) is 18.8 Å². The number of carbonyl (C=O) groups is 3. The minimum Gasteiger partial charge on any atom is -0.326 e. The predicted molar refractivity (Wildman–Crippen MR) is 160 cm³/mol. The van der Waals surface area contributed by atoms with Crippen molar-refractivity contribution in [3.8, 4) is 0 Å². The van der Waals surface area contributed by atoms with Gasteiger partial charge in [0.05, 0.1) is 21.0 Å². The molecule has 0 radical (unpaired) electrons. The van der Waals surface area contributed by atoms with Gasteiger partial charge in [0.1, 0.15) is 21.8 Å². The Kier molecular flexibility index (Phi) is 10.0. The predicted octanol–water partition coefficient (Wildman–Crippen LogP) is 9.18. The van der Waals surface area contributed by atoms with Crippen molar-refractivity contribution in [2.75, 3.05) is 5.32 Å². The van der Waals surface area contributed by atoms with Crippen LogP contribution >= 0.6 is 58.0 Å². The fourth-order valence-electron chi connectivity index (χ4n) is 4.68. The van der Waals surface area contributed by atoms with E-state index in [2.05, 4.69) is 5.32 Å². The highest BCUT2D eigenvalue weighted by Crippen LogP contribution is 2.65. The van der Waals surface area contributed by atoms with E-state index in [0.29, 0.717) is 22.0 Å². The number of hydrogen-bond acceptors (Lipinski definition) is 3. The fourth-order valence-corrected chi connectivity index (χ4v) is 6.04. The monoisotopic (exact) mass is 659 g/mol. The zero-order valence-corrected chi connectivity index (χ0v) is 25.5. The molecule has 1 aliphatic rings. The van der Waals surface area contributed by atoms with E-state index >= 15 is 4.39 Å². The van der Waals surface area contributed by atoms with E-state index < -0.39 is 52.3 Å². The second-order valence-corrected chi connectivity index (χ2v) is 12.6. The van der Waals surface area contributed by atoms with Gasteiger partial charge in [-0.15, -0.1) is 23.2 Å². The van der Waals surface area contributed by atoms with Gasteiger partial charge in [0.25, 0.3) is 0 Å². The molecule has 0 saturated heterocycles. The Bertz CT molecular complexity index is 1530. The lowest BCUT2D eigenvalue weighted by Crippen LogP contribution is -2.17. The van der Waals surface area contributed by atoms with Gasteiger partial charge in [0.15, 0.2) is 5.78 Å². The lowest BCUT2D eigenvalue weighted by molar-refractivity contribution is -0.119. The summed E-state index contributed by atoms with van der Waals surface area (Å²) in [7, 11) is 0. The van der Waals surface area contributed by atoms with Gasteiger partial charge < -0.3 is 5.32 Å². The summed E-state index contributed by atoms with van der Waals surface area (Å²) in [6.07, 6.45) is 0.793. The van der Waals surface area contributed by atoms with Crippen LogP contribution < -0.4 is 5.32 Å². The lowest BCUT2D eigenvalue weighted by Gasteiger charge is -2.11. The van der Waals surface area contributed by atoms with Gasteiger partial charge in [-0.25, -0.2) is 8.78 Å². The van der Waals surface area contributed by atoms with Crippen LogP contribution in [0.5, 0.6) is 0 Å². The first kappa shape index (κ1) is 31.7. The molecule has 1 fully saturated rings. The Hall–Kier alpha value is -2.22. The molecule has 4 nitrogen and oxygen atoms in total. The quantitative estimate of drug-likeness (QED) is 0.165. The Morgan fingerprint density at radius 2 is 1.61 bits per heavy atom. The highest BCUT2D eigenvalue weighted by atomic mass is 35.5. The average molecular weight is 662 g/mol. The van der Waals surface area contributed by atoms with E-state index in [0.717, 1.165) is 12.5 Å².